The maximum Gasteiger partial charge on any atom is 0.143 e. The summed E-state index contributed by atoms with van der Waals surface area (Å²) in [5.74, 6) is -1.53. The number of nitriles is 1. The lowest BCUT2D eigenvalue weighted by molar-refractivity contribution is 0.578. The summed E-state index contributed by atoms with van der Waals surface area (Å²) >= 11 is 0. The number of halogens is 2. The number of nitrogens with zero attached hydrogens (tertiary/aromatic N) is 1. The van der Waals surface area contributed by atoms with E-state index in [1.54, 1.807) is 13.0 Å². The quantitative estimate of drug-likeness (QED) is 0.650. The molecule has 0 atom stereocenters. The minimum atomic E-state index is -0.843. The monoisotopic (exact) mass is 179 g/mol. The van der Waals surface area contributed by atoms with Crippen LogP contribution in [0, 0.1) is 23.0 Å². The molecule has 66 valence electrons. The highest BCUT2D eigenvalue weighted by molar-refractivity contribution is 5.63. The first kappa shape index (κ1) is 9.40. The summed E-state index contributed by atoms with van der Waals surface area (Å²) in [6.07, 6.45) is 0. The van der Waals surface area contributed by atoms with Crippen LogP contribution in [0.1, 0.15) is 18.1 Å². The highest BCUT2D eigenvalue weighted by Crippen LogP contribution is 2.19. The first-order valence-corrected chi connectivity index (χ1v) is 3.61. The third kappa shape index (κ3) is 1.73. The average molecular weight is 179 g/mol. The molecule has 1 nitrogen and oxygen atoms in total. The fourth-order valence-electron chi connectivity index (χ4n) is 0.962. The minimum absolute atomic E-state index is 0.167. The van der Waals surface area contributed by atoms with Crippen molar-refractivity contribution in [1.82, 2.24) is 0 Å². The summed E-state index contributed by atoms with van der Waals surface area (Å²) in [6.45, 7) is 5.11. The summed E-state index contributed by atoms with van der Waals surface area (Å²) in [7, 11) is 0. The van der Waals surface area contributed by atoms with E-state index in [1.165, 1.54) is 0 Å². The second-order valence-electron chi connectivity index (χ2n) is 2.70. The van der Waals surface area contributed by atoms with Gasteiger partial charge in [-0.2, -0.15) is 5.26 Å². The number of allylic oxidation sites excluding steroid dienone is 1. The van der Waals surface area contributed by atoms with Gasteiger partial charge in [-0.1, -0.05) is 6.58 Å². The molecule has 0 saturated carbocycles. The Morgan fingerprint density at radius 1 is 1.38 bits per heavy atom. The van der Waals surface area contributed by atoms with Gasteiger partial charge in [-0.25, -0.2) is 8.78 Å². The van der Waals surface area contributed by atoms with Crippen LogP contribution >= 0.6 is 0 Å². The van der Waals surface area contributed by atoms with Crippen molar-refractivity contribution in [3.8, 4) is 6.07 Å². The molecule has 0 heterocycles. The van der Waals surface area contributed by atoms with E-state index in [2.05, 4.69) is 6.58 Å². The maximum atomic E-state index is 13.0. The molecule has 0 fully saturated rings. The van der Waals surface area contributed by atoms with Crippen LogP contribution in [-0.4, -0.2) is 0 Å². The highest BCUT2D eigenvalue weighted by atomic mass is 19.1. The van der Waals surface area contributed by atoms with Crippen molar-refractivity contribution in [3.63, 3.8) is 0 Å². The van der Waals surface area contributed by atoms with Gasteiger partial charge in [0.2, 0.25) is 0 Å². The Bertz CT molecular complexity index is 402. The fourth-order valence-corrected chi connectivity index (χ4v) is 0.962. The topological polar surface area (TPSA) is 23.8 Å². The summed E-state index contributed by atoms with van der Waals surface area (Å²) < 4.78 is 25.8. The largest absolute Gasteiger partial charge is 0.206 e. The molecule has 3 heteroatoms. The highest BCUT2D eigenvalue weighted by Gasteiger charge is 2.09. The maximum absolute atomic E-state index is 13.0. The smallest absolute Gasteiger partial charge is 0.143 e. The summed E-state index contributed by atoms with van der Waals surface area (Å²) in [6, 6.07) is 3.49. The van der Waals surface area contributed by atoms with Crippen LogP contribution in [0.25, 0.3) is 5.57 Å². The van der Waals surface area contributed by atoms with Crippen molar-refractivity contribution < 1.29 is 8.78 Å². The van der Waals surface area contributed by atoms with Gasteiger partial charge in [0.05, 0.1) is 5.56 Å². The predicted molar refractivity (Wildman–Crippen MR) is 45.8 cm³/mol. The molecule has 0 saturated heterocycles. The first-order valence-electron chi connectivity index (χ1n) is 3.61. The molecule has 13 heavy (non-hydrogen) atoms. The van der Waals surface area contributed by atoms with Crippen molar-refractivity contribution in [1.29, 1.82) is 5.26 Å². The Morgan fingerprint density at radius 2 is 2.00 bits per heavy atom. The molecule has 0 radical (unpaired) electrons. The molecule has 0 bridgehead atoms. The Balaban J connectivity index is 3.41. The van der Waals surface area contributed by atoms with Gasteiger partial charge >= 0.3 is 0 Å². The average Bonchev–Trinajstić information content (AvgIpc) is 2.03. The SMILES string of the molecule is C=C(C)c1cc(C#N)c(F)cc1F. The third-order valence-corrected chi connectivity index (χ3v) is 1.64. The lowest BCUT2D eigenvalue weighted by Crippen LogP contribution is -1.92. The molecular weight excluding hydrogens is 172 g/mol. The molecule has 0 N–H and O–H groups in total. The van der Waals surface area contributed by atoms with Gasteiger partial charge in [-0.15, -0.1) is 0 Å². The van der Waals surface area contributed by atoms with Gasteiger partial charge in [0.15, 0.2) is 0 Å². The predicted octanol–water partition coefficient (Wildman–Crippen LogP) is 2.87. The Morgan fingerprint density at radius 3 is 2.46 bits per heavy atom. The second kappa shape index (κ2) is 3.36. The molecule has 0 unspecified atom stereocenters. The Kier molecular flexibility index (Phi) is 2.43. The summed E-state index contributed by atoms with van der Waals surface area (Å²) in [5, 5.41) is 8.47. The van der Waals surface area contributed by atoms with Crippen molar-refractivity contribution in [2.24, 2.45) is 0 Å². The van der Waals surface area contributed by atoms with Crippen molar-refractivity contribution in [3.05, 3.63) is 41.5 Å². The van der Waals surface area contributed by atoms with Gasteiger partial charge < -0.3 is 0 Å². The van der Waals surface area contributed by atoms with Crippen molar-refractivity contribution >= 4 is 5.57 Å². The van der Waals surface area contributed by atoms with Crippen molar-refractivity contribution in [2.75, 3.05) is 0 Å². The standard InChI is InChI=1S/C10H7F2N/c1-6(2)8-3-7(5-13)9(11)4-10(8)12/h3-4H,1H2,2H3. The minimum Gasteiger partial charge on any atom is -0.206 e. The van der Waals surface area contributed by atoms with Gasteiger partial charge in [0, 0.05) is 11.6 Å². The molecule has 1 aromatic rings. The first-order chi connectivity index (χ1) is 6.06. The molecule has 1 aromatic carbocycles. The van der Waals surface area contributed by atoms with Crippen LogP contribution in [0.15, 0.2) is 18.7 Å². The van der Waals surface area contributed by atoms with Gasteiger partial charge in [-0.05, 0) is 18.6 Å². The number of benzene rings is 1. The van der Waals surface area contributed by atoms with E-state index in [0.717, 1.165) is 6.07 Å². The van der Waals surface area contributed by atoms with Gasteiger partial charge in [-0.3, -0.25) is 0 Å². The van der Waals surface area contributed by atoms with Crippen LogP contribution in [0.4, 0.5) is 8.78 Å². The van der Waals surface area contributed by atoms with Crippen LogP contribution in [0.3, 0.4) is 0 Å². The molecular formula is C10H7F2N. The second-order valence-corrected chi connectivity index (χ2v) is 2.70. The number of hydrogen-bond donors (Lipinski definition) is 0. The molecule has 0 spiro atoms. The zero-order valence-electron chi connectivity index (χ0n) is 7.06. The molecule has 0 amide bonds. The number of hydrogen-bond acceptors (Lipinski definition) is 1. The van der Waals surface area contributed by atoms with Crippen LogP contribution in [-0.2, 0) is 0 Å². The van der Waals surface area contributed by atoms with E-state index in [9.17, 15) is 8.78 Å². The van der Waals surface area contributed by atoms with Crippen LogP contribution in [0.5, 0.6) is 0 Å². The summed E-state index contributed by atoms with van der Waals surface area (Å²) in [4.78, 5) is 0. The lowest BCUT2D eigenvalue weighted by atomic mass is 10.1. The third-order valence-electron chi connectivity index (χ3n) is 1.64. The molecule has 1 rings (SSSR count). The van der Waals surface area contributed by atoms with E-state index < -0.39 is 11.6 Å². The Hall–Kier alpha value is -1.69. The lowest BCUT2D eigenvalue weighted by Gasteiger charge is -2.02. The zero-order valence-corrected chi connectivity index (χ0v) is 7.06. The fraction of sp³-hybridized carbons (Fsp3) is 0.100. The summed E-state index contributed by atoms with van der Waals surface area (Å²) in [5.41, 5.74) is 0.478. The molecule has 0 aliphatic carbocycles. The van der Waals surface area contributed by atoms with Gasteiger partial charge in [0.1, 0.15) is 17.7 Å². The normalized spacial score (nSPS) is 9.38. The zero-order chi connectivity index (χ0) is 10.0. The van der Waals surface area contributed by atoms with Crippen molar-refractivity contribution in [2.45, 2.75) is 6.92 Å². The van der Waals surface area contributed by atoms with E-state index >= 15 is 0 Å². The molecule has 0 aliphatic rings. The molecule has 0 aromatic heterocycles. The van der Waals surface area contributed by atoms with E-state index in [-0.39, 0.29) is 11.1 Å². The van der Waals surface area contributed by atoms with Crippen LogP contribution < -0.4 is 0 Å². The molecule has 0 aliphatic heterocycles. The van der Waals surface area contributed by atoms with E-state index in [1.807, 2.05) is 0 Å². The van der Waals surface area contributed by atoms with Crippen LogP contribution in [0.2, 0.25) is 0 Å². The van der Waals surface area contributed by atoms with E-state index in [0.29, 0.717) is 11.6 Å². The van der Waals surface area contributed by atoms with Gasteiger partial charge in [0.25, 0.3) is 0 Å². The van der Waals surface area contributed by atoms with E-state index in [4.69, 9.17) is 5.26 Å². The number of rotatable bonds is 1. The Labute approximate surface area is 74.9 Å².